The van der Waals surface area contributed by atoms with Crippen molar-refractivity contribution in [3.8, 4) is 5.75 Å². The Morgan fingerprint density at radius 3 is 2.72 bits per heavy atom. The maximum Gasteiger partial charge on any atom is 0.265 e. The Morgan fingerprint density at radius 1 is 1.39 bits per heavy atom. The molecule has 0 spiro atoms. The summed E-state index contributed by atoms with van der Waals surface area (Å²) in [6.07, 6.45) is 0. The van der Waals surface area contributed by atoms with Gasteiger partial charge in [0.1, 0.15) is 5.75 Å². The molecule has 1 amide bonds. The van der Waals surface area contributed by atoms with Crippen molar-refractivity contribution in [2.75, 3.05) is 5.32 Å². The maximum atomic E-state index is 12.0. The molecule has 0 bridgehead atoms. The number of nitrogens with one attached hydrogen (secondary N) is 1. The zero-order valence-electron chi connectivity index (χ0n) is 9.95. The Balaban J connectivity index is 2.24. The molecule has 0 aliphatic carbocycles. The molecule has 1 aromatic heterocycles. The minimum absolute atomic E-state index is 0.164. The number of anilines is 1. The normalized spacial score (nSPS) is 10.4. The number of phenols is 1. The fraction of sp³-hybridized carbons (Fsp3) is 0.154. The highest BCUT2D eigenvalue weighted by Gasteiger charge is 2.13. The van der Waals surface area contributed by atoms with Crippen LogP contribution in [-0.4, -0.2) is 11.0 Å². The first-order chi connectivity index (χ1) is 8.49. The Labute approximate surface area is 118 Å². The summed E-state index contributed by atoms with van der Waals surface area (Å²) < 4.78 is 0.959. The van der Waals surface area contributed by atoms with Crippen LogP contribution in [0.25, 0.3) is 0 Å². The quantitative estimate of drug-likeness (QED) is 0.873. The van der Waals surface area contributed by atoms with Crippen LogP contribution in [0.2, 0.25) is 0 Å². The first kappa shape index (κ1) is 13.1. The lowest BCUT2D eigenvalue weighted by molar-refractivity contribution is 0.103. The van der Waals surface area contributed by atoms with E-state index in [0.717, 1.165) is 9.35 Å². The van der Waals surface area contributed by atoms with E-state index in [4.69, 9.17) is 0 Å². The van der Waals surface area contributed by atoms with Gasteiger partial charge in [0, 0.05) is 11.3 Å². The lowest BCUT2D eigenvalue weighted by atomic mass is 10.2. The third-order valence-corrected chi connectivity index (χ3v) is 4.77. The molecule has 1 aromatic carbocycles. The molecule has 2 rings (SSSR count). The van der Waals surface area contributed by atoms with Gasteiger partial charge in [0.2, 0.25) is 0 Å². The molecule has 0 fully saturated rings. The second-order valence-electron chi connectivity index (χ2n) is 3.97. The smallest absolute Gasteiger partial charge is 0.265 e. The number of thiophene rings is 1. The Bertz CT molecular complexity index is 588. The molecule has 0 aliphatic heterocycles. The third kappa shape index (κ3) is 2.57. The van der Waals surface area contributed by atoms with Crippen LogP contribution < -0.4 is 5.32 Å². The van der Waals surface area contributed by atoms with Gasteiger partial charge in [0.05, 0.1) is 8.66 Å². The number of amides is 1. The first-order valence-electron chi connectivity index (χ1n) is 5.35. The lowest BCUT2D eigenvalue weighted by Gasteiger charge is -2.08. The Hall–Kier alpha value is -1.33. The van der Waals surface area contributed by atoms with Crippen LogP contribution in [0.15, 0.2) is 28.1 Å². The molecular formula is C13H12BrNO2S. The summed E-state index contributed by atoms with van der Waals surface area (Å²) in [5, 5.41) is 12.4. The molecule has 1 heterocycles. The van der Waals surface area contributed by atoms with Gasteiger partial charge in [-0.2, -0.15) is 0 Å². The monoisotopic (exact) mass is 325 g/mol. The van der Waals surface area contributed by atoms with E-state index in [1.807, 2.05) is 13.0 Å². The van der Waals surface area contributed by atoms with Crippen molar-refractivity contribution >= 4 is 38.9 Å². The fourth-order valence-electron chi connectivity index (χ4n) is 1.51. The summed E-state index contributed by atoms with van der Waals surface area (Å²) in [5.41, 5.74) is 2.33. The molecule has 94 valence electrons. The number of phenolic OH excluding ortho intramolecular Hbond substituents is 1. The molecule has 0 atom stereocenters. The number of hydrogen-bond donors (Lipinski definition) is 2. The van der Waals surface area contributed by atoms with Crippen molar-refractivity contribution in [3.05, 3.63) is 44.1 Å². The van der Waals surface area contributed by atoms with E-state index >= 15 is 0 Å². The van der Waals surface area contributed by atoms with Crippen LogP contribution in [0.3, 0.4) is 0 Å². The summed E-state index contributed by atoms with van der Waals surface area (Å²) in [4.78, 5) is 12.7. The molecular weight excluding hydrogens is 314 g/mol. The van der Waals surface area contributed by atoms with Gasteiger partial charge in [-0.15, -0.1) is 11.3 Å². The van der Waals surface area contributed by atoms with Gasteiger partial charge in [-0.1, -0.05) is 6.07 Å². The van der Waals surface area contributed by atoms with E-state index < -0.39 is 0 Å². The van der Waals surface area contributed by atoms with E-state index in [9.17, 15) is 9.90 Å². The standard InChI is InChI=1S/C13H12BrNO2S/c1-7-6-11(18-12(7)14)13(17)15-9-4-3-5-10(16)8(9)2/h3-6,16H,1-2H3,(H,15,17). The highest BCUT2D eigenvalue weighted by atomic mass is 79.9. The van der Waals surface area contributed by atoms with Crippen LogP contribution in [0, 0.1) is 13.8 Å². The van der Waals surface area contributed by atoms with Crippen LogP contribution in [-0.2, 0) is 0 Å². The van der Waals surface area contributed by atoms with Crippen molar-refractivity contribution < 1.29 is 9.90 Å². The van der Waals surface area contributed by atoms with Crippen LogP contribution in [0.5, 0.6) is 5.75 Å². The van der Waals surface area contributed by atoms with E-state index in [0.29, 0.717) is 16.1 Å². The number of benzene rings is 1. The predicted octanol–water partition coefficient (Wildman–Crippen LogP) is 4.09. The first-order valence-corrected chi connectivity index (χ1v) is 6.96. The van der Waals surface area contributed by atoms with E-state index in [1.54, 1.807) is 25.1 Å². The number of hydrogen-bond acceptors (Lipinski definition) is 3. The van der Waals surface area contributed by atoms with Crippen molar-refractivity contribution in [2.45, 2.75) is 13.8 Å². The minimum atomic E-state index is -0.164. The Morgan fingerprint density at radius 2 is 2.11 bits per heavy atom. The van der Waals surface area contributed by atoms with Crippen LogP contribution >= 0.6 is 27.3 Å². The van der Waals surface area contributed by atoms with E-state index in [2.05, 4.69) is 21.2 Å². The summed E-state index contributed by atoms with van der Waals surface area (Å²) in [6, 6.07) is 6.90. The molecule has 2 N–H and O–H groups in total. The fourth-order valence-corrected chi connectivity index (χ4v) is 2.94. The van der Waals surface area contributed by atoms with Gasteiger partial charge in [-0.3, -0.25) is 4.79 Å². The number of aryl methyl sites for hydroxylation is 1. The highest BCUT2D eigenvalue weighted by Crippen LogP contribution is 2.29. The number of aromatic hydroxyl groups is 1. The summed E-state index contributed by atoms with van der Waals surface area (Å²) in [5.74, 6) is 0.0128. The Kier molecular flexibility index (Phi) is 3.73. The van der Waals surface area contributed by atoms with E-state index in [-0.39, 0.29) is 11.7 Å². The minimum Gasteiger partial charge on any atom is -0.508 e. The molecule has 0 radical (unpaired) electrons. The zero-order valence-corrected chi connectivity index (χ0v) is 12.4. The number of halogens is 1. The van der Waals surface area contributed by atoms with Gasteiger partial charge in [-0.25, -0.2) is 0 Å². The molecule has 18 heavy (non-hydrogen) atoms. The number of rotatable bonds is 2. The maximum absolute atomic E-state index is 12.0. The molecule has 0 saturated heterocycles. The van der Waals surface area contributed by atoms with Gasteiger partial charge < -0.3 is 10.4 Å². The molecule has 3 nitrogen and oxygen atoms in total. The third-order valence-electron chi connectivity index (χ3n) is 2.63. The predicted molar refractivity (Wildman–Crippen MR) is 77.6 cm³/mol. The van der Waals surface area contributed by atoms with Crippen molar-refractivity contribution in [2.24, 2.45) is 0 Å². The van der Waals surface area contributed by atoms with Gasteiger partial charge in [-0.05, 0) is 53.5 Å². The second-order valence-corrected chi connectivity index (χ2v) is 6.34. The molecule has 2 aromatic rings. The van der Waals surface area contributed by atoms with E-state index in [1.165, 1.54) is 11.3 Å². The summed E-state index contributed by atoms with van der Waals surface area (Å²) in [6.45, 7) is 3.71. The largest absolute Gasteiger partial charge is 0.508 e. The van der Waals surface area contributed by atoms with Crippen molar-refractivity contribution in [1.29, 1.82) is 0 Å². The van der Waals surface area contributed by atoms with Crippen LogP contribution in [0.4, 0.5) is 5.69 Å². The summed E-state index contributed by atoms with van der Waals surface area (Å²) >= 11 is 4.79. The molecule has 0 unspecified atom stereocenters. The highest BCUT2D eigenvalue weighted by molar-refractivity contribution is 9.11. The van der Waals surface area contributed by atoms with Crippen molar-refractivity contribution in [3.63, 3.8) is 0 Å². The zero-order chi connectivity index (χ0) is 13.3. The summed E-state index contributed by atoms with van der Waals surface area (Å²) in [7, 11) is 0. The topological polar surface area (TPSA) is 49.3 Å². The molecule has 0 saturated carbocycles. The SMILES string of the molecule is Cc1cc(C(=O)Nc2cccc(O)c2C)sc1Br. The second kappa shape index (κ2) is 5.12. The van der Waals surface area contributed by atoms with Gasteiger partial charge in [0.15, 0.2) is 0 Å². The van der Waals surface area contributed by atoms with Gasteiger partial charge >= 0.3 is 0 Å². The lowest BCUT2D eigenvalue weighted by Crippen LogP contribution is -2.11. The average molecular weight is 326 g/mol. The number of carbonyl (C=O) groups is 1. The molecule has 5 heteroatoms. The number of carbonyl (C=O) groups excluding carboxylic acids is 1. The molecule has 0 aliphatic rings. The van der Waals surface area contributed by atoms with Gasteiger partial charge in [0.25, 0.3) is 5.91 Å². The van der Waals surface area contributed by atoms with Crippen LogP contribution in [0.1, 0.15) is 20.8 Å². The van der Waals surface area contributed by atoms with Crippen molar-refractivity contribution in [1.82, 2.24) is 0 Å². The average Bonchev–Trinajstić information content (AvgIpc) is 2.66.